The van der Waals surface area contributed by atoms with Crippen LogP contribution in [0.3, 0.4) is 0 Å². The first kappa shape index (κ1) is 12.2. The monoisotopic (exact) mass is 281 g/mol. The van der Waals surface area contributed by atoms with Gasteiger partial charge in [-0.2, -0.15) is 0 Å². The summed E-state index contributed by atoms with van der Waals surface area (Å²) < 4.78 is 5.94. The van der Waals surface area contributed by atoms with Crippen LogP contribution in [0.5, 0.6) is 5.75 Å². The number of fused-ring (bicyclic) bond motifs is 2. The van der Waals surface area contributed by atoms with Crippen molar-refractivity contribution in [3.63, 3.8) is 0 Å². The molecular weight excluding hydrogens is 266 g/mol. The predicted octanol–water partition coefficient (Wildman–Crippen LogP) is 1.86. The van der Waals surface area contributed by atoms with Gasteiger partial charge in [0.1, 0.15) is 11.9 Å². The number of hydrogen-bond acceptors (Lipinski definition) is 3. The van der Waals surface area contributed by atoms with Crippen molar-refractivity contribution in [2.45, 2.75) is 18.6 Å². The molecule has 2 unspecified atom stereocenters. The van der Waals surface area contributed by atoms with Crippen molar-refractivity contribution in [2.24, 2.45) is 5.73 Å². The highest BCUT2D eigenvalue weighted by Gasteiger charge is 2.29. The second-order valence-electron chi connectivity index (χ2n) is 5.38. The van der Waals surface area contributed by atoms with E-state index in [0.717, 1.165) is 28.8 Å². The molecule has 106 valence electrons. The number of imidazole rings is 1. The fraction of sp³-hybridized carbons (Fsp3) is 0.188. The van der Waals surface area contributed by atoms with Crippen LogP contribution >= 0.6 is 0 Å². The molecule has 1 aromatic heterocycles. The fourth-order valence-electron chi connectivity index (χ4n) is 2.88. The number of aromatic amines is 2. The van der Waals surface area contributed by atoms with Crippen LogP contribution in [0.1, 0.15) is 17.2 Å². The number of H-pyrrole nitrogens is 2. The van der Waals surface area contributed by atoms with Crippen LogP contribution in [-0.2, 0) is 6.42 Å². The van der Waals surface area contributed by atoms with E-state index in [1.807, 2.05) is 36.4 Å². The Morgan fingerprint density at radius 2 is 1.95 bits per heavy atom. The number of para-hydroxylation sites is 1. The molecule has 2 aromatic carbocycles. The van der Waals surface area contributed by atoms with E-state index in [1.54, 1.807) is 0 Å². The highest BCUT2D eigenvalue weighted by atomic mass is 16.5. The van der Waals surface area contributed by atoms with Gasteiger partial charge in [-0.1, -0.05) is 24.3 Å². The van der Waals surface area contributed by atoms with E-state index in [9.17, 15) is 4.79 Å². The Kier molecular flexibility index (Phi) is 2.62. The van der Waals surface area contributed by atoms with Gasteiger partial charge in [0.15, 0.2) is 0 Å². The van der Waals surface area contributed by atoms with Gasteiger partial charge in [-0.25, -0.2) is 4.79 Å². The fourth-order valence-corrected chi connectivity index (χ4v) is 2.88. The SMILES string of the molecule is NC(c1ccc2[nH]c(=O)[nH]c2c1)C1Cc2ccccc2O1. The molecule has 2 atom stereocenters. The number of benzene rings is 2. The van der Waals surface area contributed by atoms with Gasteiger partial charge < -0.3 is 20.4 Å². The van der Waals surface area contributed by atoms with Gasteiger partial charge in [-0.05, 0) is 29.3 Å². The van der Waals surface area contributed by atoms with E-state index in [2.05, 4.69) is 16.0 Å². The Morgan fingerprint density at radius 3 is 2.81 bits per heavy atom. The summed E-state index contributed by atoms with van der Waals surface area (Å²) in [6.07, 6.45) is 0.726. The number of rotatable bonds is 2. The van der Waals surface area contributed by atoms with Gasteiger partial charge in [-0.3, -0.25) is 0 Å². The Labute approximate surface area is 120 Å². The van der Waals surface area contributed by atoms with Crippen LogP contribution < -0.4 is 16.2 Å². The largest absolute Gasteiger partial charge is 0.488 e. The maximum Gasteiger partial charge on any atom is 0.323 e. The molecule has 0 spiro atoms. The van der Waals surface area contributed by atoms with E-state index < -0.39 is 0 Å². The molecule has 2 heterocycles. The van der Waals surface area contributed by atoms with E-state index >= 15 is 0 Å². The molecule has 0 radical (unpaired) electrons. The summed E-state index contributed by atoms with van der Waals surface area (Å²) in [5, 5.41) is 0. The van der Waals surface area contributed by atoms with Crippen molar-refractivity contribution in [2.75, 3.05) is 0 Å². The summed E-state index contributed by atoms with van der Waals surface area (Å²) >= 11 is 0. The lowest BCUT2D eigenvalue weighted by Crippen LogP contribution is -2.29. The van der Waals surface area contributed by atoms with Gasteiger partial charge >= 0.3 is 5.69 Å². The summed E-state index contributed by atoms with van der Waals surface area (Å²) in [5.74, 6) is 0.911. The highest BCUT2D eigenvalue weighted by molar-refractivity contribution is 5.75. The van der Waals surface area contributed by atoms with E-state index in [1.165, 1.54) is 5.56 Å². The van der Waals surface area contributed by atoms with Gasteiger partial charge in [0.2, 0.25) is 0 Å². The molecule has 4 N–H and O–H groups in total. The zero-order valence-electron chi connectivity index (χ0n) is 11.3. The minimum absolute atomic E-state index is 0.0782. The van der Waals surface area contributed by atoms with Crippen molar-refractivity contribution < 1.29 is 4.74 Å². The number of aromatic nitrogens is 2. The molecule has 4 rings (SSSR count). The quantitative estimate of drug-likeness (QED) is 0.670. The molecule has 1 aliphatic heterocycles. The Morgan fingerprint density at radius 1 is 1.14 bits per heavy atom. The number of ether oxygens (including phenoxy) is 1. The standard InChI is InChI=1S/C16H15N3O2/c17-15(14-8-9-3-1-2-4-13(9)21-14)10-5-6-11-12(7-10)19-16(20)18-11/h1-7,14-15H,8,17H2,(H2,18,19,20). The maximum atomic E-state index is 11.3. The topological polar surface area (TPSA) is 83.9 Å². The van der Waals surface area contributed by atoms with E-state index in [-0.39, 0.29) is 17.8 Å². The van der Waals surface area contributed by atoms with Gasteiger partial charge in [0.25, 0.3) is 0 Å². The molecule has 0 saturated carbocycles. The van der Waals surface area contributed by atoms with Crippen LogP contribution in [0.2, 0.25) is 0 Å². The molecule has 21 heavy (non-hydrogen) atoms. The average molecular weight is 281 g/mol. The maximum absolute atomic E-state index is 11.3. The minimum Gasteiger partial charge on any atom is -0.488 e. The molecule has 0 aliphatic carbocycles. The van der Waals surface area contributed by atoms with Crippen molar-refractivity contribution in [1.82, 2.24) is 9.97 Å². The smallest absolute Gasteiger partial charge is 0.323 e. The third-order valence-electron chi connectivity index (χ3n) is 4.00. The summed E-state index contributed by atoms with van der Waals surface area (Å²) in [6, 6.07) is 13.5. The lowest BCUT2D eigenvalue weighted by molar-refractivity contribution is 0.200. The number of nitrogens with two attached hydrogens (primary N) is 1. The summed E-state index contributed by atoms with van der Waals surface area (Å²) in [6.45, 7) is 0. The Hall–Kier alpha value is -2.53. The zero-order valence-corrected chi connectivity index (χ0v) is 11.3. The van der Waals surface area contributed by atoms with Gasteiger partial charge in [0, 0.05) is 6.42 Å². The second kappa shape index (κ2) is 4.49. The van der Waals surface area contributed by atoms with Crippen molar-refractivity contribution in [3.8, 4) is 5.75 Å². The first-order valence-corrected chi connectivity index (χ1v) is 6.93. The predicted molar refractivity (Wildman–Crippen MR) is 80.4 cm³/mol. The average Bonchev–Trinajstić information content (AvgIpc) is 3.07. The third-order valence-corrected chi connectivity index (χ3v) is 4.00. The van der Waals surface area contributed by atoms with Gasteiger partial charge in [-0.15, -0.1) is 0 Å². The summed E-state index contributed by atoms with van der Waals surface area (Å²) in [4.78, 5) is 16.8. The normalized spacial score (nSPS) is 18.4. The molecule has 1 aliphatic rings. The molecule has 0 saturated heterocycles. The number of hydrogen-bond donors (Lipinski definition) is 3. The van der Waals surface area contributed by atoms with Crippen LogP contribution in [0.15, 0.2) is 47.3 Å². The molecule has 5 heteroatoms. The first-order valence-electron chi connectivity index (χ1n) is 6.93. The van der Waals surface area contributed by atoms with Crippen molar-refractivity contribution in [1.29, 1.82) is 0 Å². The highest BCUT2D eigenvalue weighted by Crippen LogP contribution is 2.33. The van der Waals surface area contributed by atoms with Crippen LogP contribution in [0.25, 0.3) is 11.0 Å². The molecular formula is C16H15N3O2. The van der Waals surface area contributed by atoms with E-state index in [4.69, 9.17) is 10.5 Å². The second-order valence-corrected chi connectivity index (χ2v) is 5.38. The number of nitrogens with one attached hydrogen (secondary N) is 2. The van der Waals surface area contributed by atoms with Crippen LogP contribution in [0, 0.1) is 0 Å². The summed E-state index contributed by atoms with van der Waals surface area (Å²) in [5.41, 5.74) is 9.84. The molecule has 0 fully saturated rings. The summed E-state index contributed by atoms with van der Waals surface area (Å²) in [7, 11) is 0. The van der Waals surface area contributed by atoms with Crippen LogP contribution in [0.4, 0.5) is 0 Å². The van der Waals surface area contributed by atoms with Crippen molar-refractivity contribution >= 4 is 11.0 Å². The lowest BCUT2D eigenvalue weighted by atomic mass is 9.98. The zero-order chi connectivity index (χ0) is 14.4. The first-order chi connectivity index (χ1) is 10.2. The Balaban J connectivity index is 1.65. The molecule has 0 bridgehead atoms. The molecule has 0 amide bonds. The van der Waals surface area contributed by atoms with Crippen LogP contribution in [-0.4, -0.2) is 16.1 Å². The van der Waals surface area contributed by atoms with Gasteiger partial charge in [0.05, 0.1) is 17.1 Å². The molecule has 3 aromatic rings. The molecule has 5 nitrogen and oxygen atoms in total. The lowest BCUT2D eigenvalue weighted by Gasteiger charge is -2.19. The minimum atomic E-state index is -0.236. The third kappa shape index (κ3) is 2.02. The van der Waals surface area contributed by atoms with Crippen molar-refractivity contribution in [3.05, 3.63) is 64.1 Å². The van der Waals surface area contributed by atoms with E-state index in [0.29, 0.717) is 0 Å². The Bertz CT molecular complexity index is 840.